The minimum absolute atomic E-state index is 0.195. The summed E-state index contributed by atoms with van der Waals surface area (Å²) in [6.45, 7) is 9.42. The minimum Gasteiger partial charge on any atom is -0.393 e. The fraction of sp³-hybridized carbons (Fsp3) is 0.647. The summed E-state index contributed by atoms with van der Waals surface area (Å²) in [5.74, 6) is 0.529. The van der Waals surface area contributed by atoms with Gasteiger partial charge >= 0.3 is 0 Å². The zero-order valence-corrected chi connectivity index (χ0v) is 12.8. The van der Waals surface area contributed by atoms with Crippen LogP contribution in [0.3, 0.4) is 0 Å². The Labute approximate surface area is 118 Å². The Morgan fingerprint density at radius 2 is 1.95 bits per heavy atom. The Kier molecular flexibility index (Phi) is 7.11. The Balaban J connectivity index is 2.22. The molecule has 0 aliphatic heterocycles. The van der Waals surface area contributed by atoms with Gasteiger partial charge in [0.05, 0.1) is 6.10 Å². The molecule has 0 fully saturated rings. The molecule has 19 heavy (non-hydrogen) atoms. The molecule has 3 unspecified atom stereocenters. The molecule has 0 radical (unpaired) electrons. The quantitative estimate of drug-likeness (QED) is 0.754. The number of hydrogen-bond donors (Lipinski definition) is 2. The standard InChI is InChI=1S/C17H29NO/c1-13-6-5-7-17(11-13)9-8-15(3)18-12-14(2)10-16(4)19/h5-7,11,14-16,18-19H,8-10,12H2,1-4H3. The van der Waals surface area contributed by atoms with E-state index in [1.807, 2.05) is 6.92 Å². The van der Waals surface area contributed by atoms with Crippen LogP contribution < -0.4 is 5.32 Å². The molecule has 0 spiro atoms. The summed E-state index contributed by atoms with van der Waals surface area (Å²) in [7, 11) is 0. The second-order valence-corrected chi connectivity index (χ2v) is 6.03. The van der Waals surface area contributed by atoms with E-state index in [1.54, 1.807) is 0 Å². The number of aliphatic hydroxyl groups excluding tert-OH is 1. The van der Waals surface area contributed by atoms with Crippen molar-refractivity contribution in [1.29, 1.82) is 0 Å². The van der Waals surface area contributed by atoms with E-state index in [-0.39, 0.29) is 6.10 Å². The lowest BCUT2D eigenvalue weighted by Crippen LogP contribution is -2.31. The van der Waals surface area contributed by atoms with Crippen LogP contribution in [0.4, 0.5) is 0 Å². The van der Waals surface area contributed by atoms with E-state index in [2.05, 4.69) is 50.4 Å². The summed E-state index contributed by atoms with van der Waals surface area (Å²) < 4.78 is 0. The first-order valence-electron chi connectivity index (χ1n) is 7.44. The third-order valence-electron chi connectivity index (χ3n) is 3.51. The summed E-state index contributed by atoms with van der Waals surface area (Å²) in [5, 5.41) is 12.9. The summed E-state index contributed by atoms with van der Waals surface area (Å²) in [6, 6.07) is 9.27. The van der Waals surface area contributed by atoms with Crippen molar-refractivity contribution < 1.29 is 5.11 Å². The van der Waals surface area contributed by atoms with Crippen molar-refractivity contribution in [2.45, 2.75) is 59.1 Å². The highest BCUT2D eigenvalue weighted by molar-refractivity contribution is 5.22. The number of aliphatic hydroxyl groups is 1. The van der Waals surface area contributed by atoms with Gasteiger partial charge in [0.1, 0.15) is 0 Å². The van der Waals surface area contributed by atoms with E-state index in [9.17, 15) is 5.11 Å². The van der Waals surface area contributed by atoms with Crippen molar-refractivity contribution in [3.63, 3.8) is 0 Å². The van der Waals surface area contributed by atoms with E-state index < -0.39 is 0 Å². The highest BCUT2D eigenvalue weighted by atomic mass is 16.3. The Morgan fingerprint density at radius 1 is 1.21 bits per heavy atom. The molecule has 0 aliphatic rings. The largest absolute Gasteiger partial charge is 0.393 e. The van der Waals surface area contributed by atoms with Gasteiger partial charge in [0.2, 0.25) is 0 Å². The molecule has 2 nitrogen and oxygen atoms in total. The van der Waals surface area contributed by atoms with Crippen LogP contribution in [-0.2, 0) is 6.42 Å². The normalized spacial score (nSPS) is 16.1. The fourth-order valence-electron chi connectivity index (χ4n) is 2.42. The Bertz CT molecular complexity index is 362. The fourth-order valence-corrected chi connectivity index (χ4v) is 2.42. The first kappa shape index (κ1) is 16.2. The molecular formula is C17H29NO. The van der Waals surface area contributed by atoms with Crippen LogP contribution in [0.5, 0.6) is 0 Å². The summed E-state index contributed by atoms with van der Waals surface area (Å²) >= 11 is 0. The summed E-state index contributed by atoms with van der Waals surface area (Å²) in [4.78, 5) is 0. The SMILES string of the molecule is Cc1cccc(CCC(C)NCC(C)CC(C)O)c1. The van der Waals surface area contributed by atoms with Gasteiger partial charge in [-0.15, -0.1) is 0 Å². The van der Waals surface area contributed by atoms with Crippen molar-refractivity contribution in [2.75, 3.05) is 6.54 Å². The predicted molar refractivity (Wildman–Crippen MR) is 82.4 cm³/mol. The zero-order chi connectivity index (χ0) is 14.3. The van der Waals surface area contributed by atoms with E-state index in [0.29, 0.717) is 12.0 Å². The van der Waals surface area contributed by atoms with Gasteiger partial charge in [0, 0.05) is 6.04 Å². The van der Waals surface area contributed by atoms with Crippen LogP contribution >= 0.6 is 0 Å². The van der Waals surface area contributed by atoms with E-state index in [1.165, 1.54) is 11.1 Å². The first-order chi connectivity index (χ1) is 8.97. The highest BCUT2D eigenvalue weighted by Crippen LogP contribution is 2.09. The van der Waals surface area contributed by atoms with Crippen LogP contribution in [0.25, 0.3) is 0 Å². The molecule has 0 saturated carbocycles. The zero-order valence-electron chi connectivity index (χ0n) is 12.8. The Morgan fingerprint density at radius 3 is 2.58 bits per heavy atom. The van der Waals surface area contributed by atoms with Gasteiger partial charge < -0.3 is 10.4 Å². The van der Waals surface area contributed by atoms with Crippen molar-refractivity contribution in [3.8, 4) is 0 Å². The van der Waals surface area contributed by atoms with Crippen molar-refractivity contribution in [1.82, 2.24) is 5.32 Å². The van der Waals surface area contributed by atoms with Gasteiger partial charge in [-0.3, -0.25) is 0 Å². The molecule has 0 aromatic heterocycles. The molecule has 1 aromatic carbocycles. The molecule has 2 N–H and O–H groups in total. The summed E-state index contributed by atoms with van der Waals surface area (Å²) in [6.07, 6.45) is 2.96. The van der Waals surface area contributed by atoms with E-state index in [4.69, 9.17) is 0 Å². The van der Waals surface area contributed by atoms with Gasteiger partial charge in [-0.2, -0.15) is 0 Å². The molecule has 0 bridgehead atoms. The molecule has 1 rings (SSSR count). The maximum atomic E-state index is 9.34. The van der Waals surface area contributed by atoms with Crippen LogP contribution in [0, 0.1) is 12.8 Å². The second-order valence-electron chi connectivity index (χ2n) is 6.03. The number of hydrogen-bond acceptors (Lipinski definition) is 2. The third kappa shape index (κ3) is 7.34. The van der Waals surface area contributed by atoms with Crippen molar-refractivity contribution in [2.24, 2.45) is 5.92 Å². The van der Waals surface area contributed by atoms with E-state index in [0.717, 1.165) is 25.8 Å². The predicted octanol–water partition coefficient (Wildman–Crippen LogP) is 3.31. The second kappa shape index (κ2) is 8.34. The molecular weight excluding hydrogens is 234 g/mol. The number of rotatable bonds is 8. The molecule has 3 atom stereocenters. The maximum Gasteiger partial charge on any atom is 0.0515 e. The summed E-state index contributed by atoms with van der Waals surface area (Å²) in [5.41, 5.74) is 2.76. The lowest BCUT2D eigenvalue weighted by molar-refractivity contribution is 0.162. The number of aryl methyl sites for hydroxylation is 2. The van der Waals surface area contributed by atoms with Gasteiger partial charge in [-0.25, -0.2) is 0 Å². The lowest BCUT2D eigenvalue weighted by Gasteiger charge is -2.18. The average Bonchev–Trinajstić information content (AvgIpc) is 2.33. The molecule has 0 heterocycles. The molecule has 0 amide bonds. The van der Waals surface area contributed by atoms with Gasteiger partial charge in [0.15, 0.2) is 0 Å². The van der Waals surface area contributed by atoms with E-state index >= 15 is 0 Å². The van der Waals surface area contributed by atoms with Crippen LogP contribution in [0.1, 0.15) is 44.7 Å². The van der Waals surface area contributed by atoms with Crippen molar-refractivity contribution in [3.05, 3.63) is 35.4 Å². The Hall–Kier alpha value is -0.860. The number of benzene rings is 1. The third-order valence-corrected chi connectivity index (χ3v) is 3.51. The van der Waals surface area contributed by atoms with Gasteiger partial charge in [-0.1, -0.05) is 36.8 Å². The smallest absolute Gasteiger partial charge is 0.0515 e. The number of nitrogens with one attached hydrogen (secondary N) is 1. The van der Waals surface area contributed by atoms with Gasteiger partial charge in [0.25, 0.3) is 0 Å². The molecule has 0 aliphatic carbocycles. The topological polar surface area (TPSA) is 32.3 Å². The minimum atomic E-state index is -0.195. The first-order valence-corrected chi connectivity index (χ1v) is 7.44. The molecule has 2 heteroatoms. The molecule has 108 valence electrons. The molecule has 1 aromatic rings. The van der Waals surface area contributed by atoms with Crippen LogP contribution in [0.15, 0.2) is 24.3 Å². The lowest BCUT2D eigenvalue weighted by atomic mass is 10.0. The van der Waals surface area contributed by atoms with Crippen molar-refractivity contribution >= 4 is 0 Å². The molecule has 0 saturated heterocycles. The van der Waals surface area contributed by atoms with Crippen LogP contribution in [-0.4, -0.2) is 23.8 Å². The highest BCUT2D eigenvalue weighted by Gasteiger charge is 2.08. The van der Waals surface area contributed by atoms with Crippen LogP contribution in [0.2, 0.25) is 0 Å². The maximum absolute atomic E-state index is 9.34. The monoisotopic (exact) mass is 263 g/mol. The average molecular weight is 263 g/mol. The van der Waals surface area contributed by atoms with Gasteiger partial charge in [-0.05, 0) is 58.1 Å².